The number of hydrogen-bond acceptors (Lipinski definition) is 4. The molecule has 0 bridgehead atoms. The topological polar surface area (TPSA) is 56.5 Å². The minimum atomic E-state index is -1.01. The van der Waals surface area contributed by atoms with Crippen molar-refractivity contribution < 1.29 is 14.2 Å². The minimum absolute atomic E-state index is 0.131. The van der Waals surface area contributed by atoms with Crippen LogP contribution in [-0.4, -0.2) is 36.2 Å². The molecular weight excluding hydrogens is 415 g/mol. The summed E-state index contributed by atoms with van der Waals surface area (Å²) in [5.74, 6) is 0.0583. The molecule has 3 aromatic rings. The van der Waals surface area contributed by atoms with Gasteiger partial charge in [0.2, 0.25) is 0 Å². The van der Waals surface area contributed by atoms with Gasteiger partial charge in [-0.25, -0.2) is 4.39 Å². The average molecular weight is 445 g/mol. The molecule has 1 saturated heterocycles. The van der Waals surface area contributed by atoms with E-state index in [2.05, 4.69) is 4.90 Å². The van der Waals surface area contributed by atoms with Crippen LogP contribution in [0.2, 0.25) is 0 Å². The van der Waals surface area contributed by atoms with Crippen LogP contribution >= 0.6 is 0 Å². The maximum absolute atomic E-state index is 13.5. The predicted octanol–water partition coefficient (Wildman–Crippen LogP) is 5.11. The minimum Gasteiger partial charge on any atom is -0.493 e. The van der Waals surface area contributed by atoms with Gasteiger partial charge < -0.3 is 14.7 Å². The lowest BCUT2D eigenvalue weighted by molar-refractivity contribution is -0.0146. The molecule has 1 fully saturated rings. The summed E-state index contributed by atoms with van der Waals surface area (Å²) in [5, 5.41) is 20.9. The van der Waals surface area contributed by atoms with Crippen molar-refractivity contribution >= 4 is 0 Å². The number of nitriles is 1. The van der Waals surface area contributed by atoms with Crippen LogP contribution in [0.4, 0.5) is 4.39 Å². The standard InChI is InChI=1S/C28H29FN2O2/c29-26-18-22(21-30)19-27(20-26)33-17-7-14-31-15-12-25(13-16-31)28(32,23-8-3-1-4-9-23)24-10-5-2-6-11-24/h1-6,8-11,18-20,25,32H,7,12-17H2. The van der Waals surface area contributed by atoms with Gasteiger partial charge in [0.25, 0.3) is 0 Å². The SMILES string of the molecule is N#Cc1cc(F)cc(OCCCN2CCC(C(O)(c3ccccc3)c3ccccc3)CC2)c1. The Balaban J connectivity index is 1.33. The largest absolute Gasteiger partial charge is 0.493 e. The van der Waals surface area contributed by atoms with Gasteiger partial charge in [-0.05, 0) is 61.5 Å². The average Bonchev–Trinajstić information content (AvgIpc) is 2.87. The first-order valence-corrected chi connectivity index (χ1v) is 11.5. The molecule has 5 heteroatoms. The number of rotatable bonds is 8. The van der Waals surface area contributed by atoms with E-state index >= 15 is 0 Å². The van der Waals surface area contributed by atoms with Gasteiger partial charge in [-0.2, -0.15) is 5.26 Å². The molecule has 1 N–H and O–H groups in total. The quantitative estimate of drug-likeness (QED) is 0.490. The molecule has 0 atom stereocenters. The molecule has 4 rings (SSSR count). The van der Waals surface area contributed by atoms with Gasteiger partial charge >= 0.3 is 0 Å². The molecule has 0 aromatic heterocycles. The van der Waals surface area contributed by atoms with E-state index in [0.717, 1.165) is 50.0 Å². The number of aliphatic hydroxyl groups is 1. The van der Waals surface area contributed by atoms with Crippen molar-refractivity contribution in [3.05, 3.63) is 101 Å². The highest BCUT2D eigenvalue weighted by atomic mass is 19.1. The van der Waals surface area contributed by atoms with E-state index in [1.54, 1.807) is 6.07 Å². The number of ether oxygens (including phenoxy) is 1. The zero-order chi connectivity index (χ0) is 23.1. The molecule has 1 aliphatic rings. The molecule has 1 heterocycles. The molecule has 33 heavy (non-hydrogen) atoms. The number of halogens is 1. The second-order valence-electron chi connectivity index (χ2n) is 8.60. The van der Waals surface area contributed by atoms with Crippen LogP contribution in [0.1, 0.15) is 36.0 Å². The predicted molar refractivity (Wildman–Crippen MR) is 126 cm³/mol. The van der Waals surface area contributed by atoms with Crippen LogP contribution in [0.5, 0.6) is 5.75 Å². The van der Waals surface area contributed by atoms with Gasteiger partial charge in [0.1, 0.15) is 17.2 Å². The van der Waals surface area contributed by atoms with Crippen LogP contribution in [0.25, 0.3) is 0 Å². The first kappa shape index (κ1) is 23.0. The summed E-state index contributed by atoms with van der Waals surface area (Å²) >= 11 is 0. The van der Waals surface area contributed by atoms with E-state index in [4.69, 9.17) is 10.00 Å². The summed E-state index contributed by atoms with van der Waals surface area (Å²) in [6, 6.07) is 25.9. The summed E-state index contributed by atoms with van der Waals surface area (Å²) in [6.07, 6.45) is 2.61. The molecule has 3 aromatic carbocycles. The summed E-state index contributed by atoms with van der Waals surface area (Å²) in [5.41, 5.74) is 1.13. The molecule has 1 aliphatic heterocycles. The normalized spacial score (nSPS) is 15.2. The van der Waals surface area contributed by atoms with Gasteiger partial charge in [0.05, 0.1) is 18.2 Å². The Morgan fingerprint density at radius 1 is 0.970 bits per heavy atom. The van der Waals surface area contributed by atoms with Crippen molar-refractivity contribution in [2.24, 2.45) is 5.92 Å². The fourth-order valence-electron chi connectivity index (χ4n) is 4.79. The summed E-state index contributed by atoms with van der Waals surface area (Å²) in [6.45, 7) is 3.16. The lowest BCUT2D eigenvalue weighted by Gasteiger charge is -2.42. The smallest absolute Gasteiger partial charge is 0.128 e. The van der Waals surface area contributed by atoms with Gasteiger partial charge in [0.15, 0.2) is 0 Å². The number of hydrogen-bond donors (Lipinski definition) is 1. The third-order valence-corrected chi connectivity index (χ3v) is 6.49. The molecule has 4 nitrogen and oxygen atoms in total. The molecule has 0 spiro atoms. The Bertz CT molecular complexity index is 1030. The summed E-state index contributed by atoms with van der Waals surface area (Å²) in [7, 11) is 0. The highest BCUT2D eigenvalue weighted by Gasteiger charge is 2.41. The number of likely N-dealkylation sites (tertiary alicyclic amines) is 1. The fraction of sp³-hybridized carbons (Fsp3) is 0.321. The Hall–Kier alpha value is -3.20. The van der Waals surface area contributed by atoms with Crippen LogP contribution in [0, 0.1) is 23.1 Å². The molecule has 170 valence electrons. The zero-order valence-electron chi connectivity index (χ0n) is 18.7. The van der Waals surface area contributed by atoms with E-state index in [1.807, 2.05) is 66.7 Å². The maximum atomic E-state index is 13.5. The Morgan fingerprint density at radius 3 is 2.15 bits per heavy atom. The van der Waals surface area contributed by atoms with E-state index in [1.165, 1.54) is 12.1 Å². The zero-order valence-corrected chi connectivity index (χ0v) is 18.7. The van der Waals surface area contributed by atoms with Crippen molar-refractivity contribution in [3.63, 3.8) is 0 Å². The van der Waals surface area contributed by atoms with Crippen molar-refractivity contribution in [2.75, 3.05) is 26.2 Å². The summed E-state index contributed by atoms with van der Waals surface area (Å²) in [4.78, 5) is 2.39. The number of nitrogens with zero attached hydrogens (tertiary/aromatic N) is 2. The first-order chi connectivity index (χ1) is 16.1. The Labute approximate surface area is 194 Å². The van der Waals surface area contributed by atoms with E-state index in [-0.39, 0.29) is 11.5 Å². The second-order valence-corrected chi connectivity index (χ2v) is 8.60. The lowest BCUT2D eigenvalue weighted by Crippen LogP contribution is -2.44. The van der Waals surface area contributed by atoms with Gasteiger partial charge in [-0.3, -0.25) is 0 Å². The summed E-state index contributed by atoms with van der Waals surface area (Å²) < 4.78 is 19.2. The highest BCUT2D eigenvalue weighted by Crippen LogP contribution is 2.41. The van der Waals surface area contributed by atoms with E-state index in [9.17, 15) is 9.50 Å². The lowest BCUT2D eigenvalue weighted by atomic mass is 9.72. The number of piperidine rings is 1. The van der Waals surface area contributed by atoms with Crippen molar-refractivity contribution in [1.82, 2.24) is 4.90 Å². The van der Waals surface area contributed by atoms with E-state index in [0.29, 0.717) is 12.4 Å². The van der Waals surface area contributed by atoms with Crippen LogP contribution in [-0.2, 0) is 5.60 Å². The second kappa shape index (κ2) is 10.6. The van der Waals surface area contributed by atoms with Crippen LogP contribution < -0.4 is 4.74 Å². The molecule has 0 amide bonds. The van der Waals surface area contributed by atoms with Crippen molar-refractivity contribution in [2.45, 2.75) is 24.9 Å². The monoisotopic (exact) mass is 444 g/mol. The maximum Gasteiger partial charge on any atom is 0.128 e. The molecule has 0 aliphatic carbocycles. The third kappa shape index (κ3) is 5.42. The molecule has 0 radical (unpaired) electrons. The van der Waals surface area contributed by atoms with Gasteiger partial charge in [-0.15, -0.1) is 0 Å². The highest BCUT2D eigenvalue weighted by molar-refractivity contribution is 5.38. The van der Waals surface area contributed by atoms with Gasteiger partial charge in [0, 0.05) is 12.6 Å². The van der Waals surface area contributed by atoms with Crippen molar-refractivity contribution in [1.29, 1.82) is 5.26 Å². The van der Waals surface area contributed by atoms with Gasteiger partial charge in [-0.1, -0.05) is 60.7 Å². The van der Waals surface area contributed by atoms with Crippen molar-refractivity contribution in [3.8, 4) is 11.8 Å². The molecule has 0 saturated carbocycles. The van der Waals surface area contributed by atoms with Crippen LogP contribution in [0.15, 0.2) is 78.9 Å². The number of benzene rings is 3. The van der Waals surface area contributed by atoms with E-state index < -0.39 is 11.4 Å². The fourth-order valence-corrected chi connectivity index (χ4v) is 4.79. The molecule has 0 unspecified atom stereocenters. The first-order valence-electron chi connectivity index (χ1n) is 11.5. The third-order valence-electron chi connectivity index (χ3n) is 6.49. The Morgan fingerprint density at radius 2 is 1.58 bits per heavy atom. The Kier molecular flexibility index (Phi) is 7.39. The molecular formula is C28H29FN2O2. The van der Waals surface area contributed by atoms with Crippen LogP contribution in [0.3, 0.4) is 0 Å².